The lowest BCUT2D eigenvalue weighted by Crippen LogP contribution is -2.13. The summed E-state index contributed by atoms with van der Waals surface area (Å²) < 4.78 is 0. The quantitative estimate of drug-likeness (QED) is 0.233. The molecule has 0 aliphatic carbocycles. The summed E-state index contributed by atoms with van der Waals surface area (Å²) in [6.45, 7) is 1.87. The van der Waals surface area contributed by atoms with Gasteiger partial charge in [0.2, 0.25) is 0 Å². The SMILES string of the molecule is C[C@H](C=O)CC[C@H](O)CC[C@H](CCCC/C=C/C(=O)O)Cc1ccc(O)cc1. The van der Waals surface area contributed by atoms with Crippen LogP contribution in [-0.2, 0) is 16.0 Å². The van der Waals surface area contributed by atoms with E-state index in [0.717, 1.165) is 50.4 Å². The Hall–Kier alpha value is -2.14. The summed E-state index contributed by atoms with van der Waals surface area (Å²) in [5, 5.41) is 28.3. The Bertz CT molecular complexity index is 594. The van der Waals surface area contributed by atoms with E-state index >= 15 is 0 Å². The monoisotopic (exact) mass is 390 g/mol. The summed E-state index contributed by atoms with van der Waals surface area (Å²) in [6, 6.07) is 7.25. The second-order valence-electron chi connectivity index (χ2n) is 7.68. The number of aliphatic hydroxyl groups excluding tert-OH is 1. The topological polar surface area (TPSA) is 94.8 Å². The van der Waals surface area contributed by atoms with Gasteiger partial charge in [-0.15, -0.1) is 0 Å². The summed E-state index contributed by atoms with van der Waals surface area (Å²) in [7, 11) is 0. The number of aromatic hydroxyl groups is 1. The molecule has 0 spiro atoms. The Morgan fingerprint density at radius 1 is 1.04 bits per heavy atom. The molecular weight excluding hydrogens is 356 g/mol. The van der Waals surface area contributed by atoms with E-state index in [1.165, 1.54) is 6.08 Å². The standard InChI is InChI=1S/C23H34O5/c1-18(17-24)8-12-21(25)13-9-19(6-4-2-3-5-7-23(27)28)16-20-10-14-22(26)15-11-20/h5,7,10-11,14-15,17-19,21,25-26H,2-4,6,8-9,12-13,16H2,1H3,(H,27,28)/b7-5+/t18-,19-,21-/m0/s1. The maximum atomic E-state index is 10.7. The number of aliphatic hydroxyl groups is 1. The van der Waals surface area contributed by atoms with Crippen LogP contribution in [0.4, 0.5) is 0 Å². The van der Waals surface area contributed by atoms with E-state index in [2.05, 4.69) is 0 Å². The number of phenols is 1. The molecule has 156 valence electrons. The average molecular weight is 391 g/mol. The summed E-state index contributed by atoms with van der Waals surface area (Å²) in [4.78, 5) is 21.2. The molecule has 28 heavy (non-hydrogen) atoms. The number of unbranched alkanes of at least 4 members (excludes halogenated alkanes) is 2. The molecule has 0 bridgehead atoms. The van der Waals surface area contributed by atoms with Crippen molar-refractivity contribution in [3.63, 3.8) is 0 Å². The summed E-state index contributed by atoms with van der Waals surface area (Å²) in [5.41, 5.74) is 1.16. The molecule has 3 N–H and O–H groups in total. The molecule has 0 heterocycles. The van der Waals surface area contributed by atoms with E-state index in [4.69, 9.17) is 5.11 Å². The molecule has 0 saturated carbocycles. The lowest BCUT2D eigenvalue weighted by atomic mass is 9.88. The van der Waals surface area contributed by atoms with Crippen LogP contribution in [0.3, 0.4) is 0 Å². The molecule has 5 nitrogen and oxygen atoms in total. The third-order valence-electron chi connectivity index (χ3n) is 5.05. The van der Waals surface area contributed by atoms with Gasteiger partial charge in [0.15, 0.2) is 0 Å². The van der Waals surface area contributed by atoms with Gasteiger partial charge in [0.1, 0.15) is 12.0 Å². The van der Waals surface area contributed by atoms with Gasteiger partial charge in [0, 0.05) is 12.0 Å². The minimum absolute atomic E-state index is 0.0127. The van der Waals surface area contributed by atoms with Crippen molar-refractivity contribution < 1.29 is 24.9 Å². The summed E-state index contributed by atoms with van der Waals surface area (Å²) >= 11 is 0. The Morgan fingerprint density at radius 3 is 2.36 bits per heavy atom. The number of hydrogen-bond acceptors (Lipinski definition) is 4. The molecule has 1 aromatic carbocycles. The summed E-state index contributed by atoms with van der Waals surface area (Å²) in [5.74, 6) is -0.249. The lowest BCUT2D eigenvalue weighted by Gasteiger charge is -2.19. The van der Waals surface area contributed by atoms with Crippen molar-refractivity contribution in [1.29, 1.82) is 0 Å². The number of allylic oxidation sites excluding steroid dienone is 1. The Morgan fingerprint density at radius 2 is 1.71 bits per heavy atom. The van der Waals surface area contributed by atoms with Crippen molar-refractivity contribution in [3.05, 3.63) is 42.0 Å². The third kappa shape index (κ3) is 11.5. The fourth-order valence-electron chi connectivity index (χ4n) is 3.29. The smallest absolute Gasteiger partial charge is 0.327 e. The highest BCUT2D eigenvalue weighted by Gasteiger charge is 2.14. The van der Waals surface area contributed by atoms with E-state index in [1.807, 2.05) is 19.1 Å². The van der Waals surface area contributed by atoms with Crippen molar-refractivity contribution >= 4 is 12.3 Å². The van der Waals surface area contributed by atoms with Crippen molar-refractivity contribution in [3.8, 4) is 5.75 Å². The molecule has 0 aliphatic heterocycles. The zero-order chi connectivity index (χ0) is 20.8. The van der Waals surface area contributed by atoms with Gasteiger partial charge in [-0.05, 0) is 68.6 Å². The maximum Gasteiger partial charge on any atom is 0.327 e. The van der Waals surface area contributed by atoms with Crippen LogP contribution in [0.2, 0.25) is 0 Å². The normalized spacial score (nSPS) is 14.6. The van der Waals surface area contributed by atoms with Gasteiger partial charge in [-0.2, -0.15) is 0 Å². The molecule has 1 aromatic rings. The highest BCUT2D eigenvalue weighted by molar-refractivity contribution is 5.79. The maximum absolute atomic E-state index is 10.7. The number of carboxylic acids is 1. The number of aldehydes is 1. The van der Waals surface area contributed by atoms with Gasteiger partial charge >= 0.3 is 5.97 Å². The molecule has 0 unspecified atom stereocenters. The van der Waals surface area contributed by atoms with E-state index in [1.54, 1.807) is 18.2 Å². The number of hydrogen-bond donors (Lipinski definition) is 3. The molecule has 3 atom stereocenters. The summed E-state index contributed by atoms with van der Waals surface area (Å²) in [6.07, 6.45) is 11.0. The number of carboxylic acid groups (broad SMARTS) is 1. The van der Waals surface area contributed by atoms with Gasteiger partial charge < -0.3 is 20.1 Å². The van der Waals surface area contributed by atoms with Gasteiger partial charge in [-0.1, -0.05) is 38.0 Å². The first-order chi connectivity index (χ1) is 13.4. The highest BCUT2D eigenvalue weighted by Crippen LogP contribution is 2.24. The predicted molar refractivity (Wildman–Crippen MR) is 110 cm³/mol. The number of aliphatic carboxylic acids is 1. The van der Waals surface area contributed by atoms with E-state index in [0.29, 0.717) is 25.2 Å². The van der Waals surface area contributed by atoms with Gasteiger partial charge in [0.05, 0.1) is 6.10 Å². The Kier molecular flexibility index (Phi) is 11.9. The van der Waals surface area contributed by atoms with E-state index in [9.17, 15) is 19.8 Å². The highest BCUT2D eigenvalue weighted by atomic mass is 16.4. The largest absolute Gasteiger partial charge is 0.508 e. The zero-order valence-electron chi connectivity index (χ0n) is 16.8. The molecule has 0 aromatic heterocycles. The van der Waals surface area contributed by atoms with Crippen LogP contribution in [-0.4, -0.2) is 33.7 Å². The van der Waals surface area contributed by atoms with Crippen LogP contribution in [0.25, 0.3) is 0 Å². The number of carbonyl (C=O) groups excluding carboxylic acids is 1. The van der Waals surface area contributed by atoms with Gasteiger partial charge in [-0.25, -0.2) is 4.79 Å². The van der Waals surface area contributed by atoms with Crippen LogP contribution in [0.15, 0.2) is 36.4 Å². The van der Waals surface area contributed by atoms with Crippen molar-refractivity contribution in [2.75, 3.05) is 0 Å². The van der Waals surface area contributed by atoms with Crippen molar-refractivity contribution in [1.82, 2.24) is 0 Å². The first kappa shape index (κ1) is 23.9. The molecule has 5 heteroatoms. The van der Waals surface area contributed by atoms with Crippen LogP contribution >= 0.6 is 0 Å². The Labute approximate surface area is 168 Å². The van der Waals surface area contributed by atoms with Gasteiger partial charge in [-0.3, -0.25) is 0 Å². The molecular formula is C23H34O5. The predicted octanol–water partition coefficient (Wildman–Crippen LogP) is 4.51. The molecule has 0 fully saturated rings. The molecule has 0 amide bonds. The minimum atomic E-state index is -0.914. The third-order valence-corrected chi connectivity index (χ3v) is 5.05. The number of rotatable bonds is 15. The number of benzene rings is 1. The van der Waals surface area contributed by atoms with E-state index < -0.39 is 5.97 Å². The van der Waals surface area contributed by atoms with Crippen LogP contribution in [0, 0.1) is 11.8 Å². The number of phenolic OH excluding ortho intramolecular Hbond substituents is 1. The first-order valence-electron chi connectivity index (χ1n) is 10.2. The fourth-order valence-corrected chi connectivity index (χ4v) is 3.29. The molecule has 1 rings (SSSR count). The Balaban J connectivity index is 2.48. The second kappa shape index (κ2) is 13.9. The molecule has 0 saturated heterocycles. The molecule has 0 radical (unpaired) electrons. The van der Waals surface area contributed by atoms with Crippen molar-refractivity contribution in [2.45, 2.75) is 70.8 Å². The number of carbonyl (C=O) groups is 2. The van der Waals surface area contributed by atoms with Gasteiger partial charge in [0.25, 0.3) is 0 Å². The van der Waals surface area contributed by atoms with Crippen molar-refractivity contribution in [2.24, 2.45) is 11.8 Å². The average Bonchev–Trinajstić information content (AvgIpc) is 2.67. The fraction of sp³-hybridized carbons (Fsp3) is 0.565. The molecule has 0 aliphatic rings. The van der Waals surface area contributed by atoms with Crippen LogP contribution < -0.4 is 0 Å². The second-order valence-corrected chi connectivity index (χ2v) is 7.68. The zero-order valence-corrected chi connectivity index (χ0v) is 16.8. The lowest BCUT2D eigenvalue weighted by molar-refractivity contribution is -0.131. The van der Waals surface area contributed by atoms with Crippen LogP contribution in [0.1, 0.15) is 63.9 Å². The van der Waals surface area contributed by atoms with Crippen LogP contribution in [0.5, 0.6) is 5.75 Å². The minimum Gasteiger partial charge on any atom is -0.508 e. The first-order valence-corrected chi connectivity index (χ1v) is 10.2. The van der Waals surface area contributed by atoms with E-state index in [-0.39, 0.29) is 17.8 Å².